The number of aromatic nitrogens is 2. The first kappa shape index (κ1) is 13.9. The molecule has 1 aliphatic rings. The molecule has 1 fully saturated rings. The summed E-state index contributed by atoms with van der Waals surface area (Å²) < 4.78 is 1.71. The van der Waals surface area contributed by atoms with Crippen molar-refractivity contribution in [3.8, 4) is 0 Å². The second-order valence-electron chi connectivity index (χ2n) is 4.58. The zero-order chi connectivity index (χ0) is 14.2. The topological polar surface area (TPSA) is 75.4 Å². The van der Waals surface area contributed by atoms with E-state index < -0.39 is 12.0 Å². The standard InChI is InChI=1S/C12H16ClN3O3/c1-3-16-9(11(13)7(2)14-16)6-15-8(12(18)19)4-5-10(15)17/h8H,3-6H2,1-2H3,(H,18,19). The minimum Gasteiger partial charge on any atom is -0.480 e. The number of nitrogens with zero attached hydrogens (tertiary/aromatic N) is 3. The van der Waals surface area contributed by atoms with E-state index in [1.165, 1.54) is 4.90 Å². The molecule has 0 saturated carbocycles. The molecule has 19 heavy (non-hydrogen) atoms. The SMILES string of the molecule is CCn1nc(C)c(Cl)c1CN1C(=O)CCC1C(=O)O. The number of aryl methyl sites for hydroxylation is 2. The Bertz CT molecular complexity index is 527. The third-order valence-corrected chi connectivity index (χ3v) is 3.88. The smallest absolute Gasteiger partial charge is 0.326 e. The fourth-order valence-corrected chi connectivity index (χ4v) is 2.57. The molecule has 0 bridgehead atoms. The summed E-state index contributed by atoms with van der Waals surface area (Å²) in [6.07, 6.45) is 0.624. The van der Waals surface area contributed by atoms with Gasteiger partial charge in [-0.3, -0.25) is 9.48 Å². The van der Waals surface area contributed by atoms with E-state index in [1.54, 1.807) is 11.6 Å². The number of carboxylic acid groups (broad SMARTS) is 1. The Morgan fingerprint density at radius 1 is 1.58 bits per heavy atom. The number of hydrogen-bond donors (Lipinski definition) is 1. The third-order valence-electron chi connectivity index (χ3n) is 3.39. The van der Waals surface area contributed by atoms with Crippen molar-refractivity contribution in [3.63, 3.8) is 0 Å². The number of carbonyl (C=O) groups is 2. The quantitative estimate of drug-likeness (QED) is 0.908. The van der Waals surface area contributed by atoms with Crippen LogP contribution in [0.25, 0.3) is 0 Å². The number of likely N-dealkylation sites (tertiary alicyclic amines) is 1. The lowest BCUT2D eigenvalue weighted by molar-refractivity contribution is -0.146. The van der Waals surface area contributed by atoms with Crippen LogP contribution in [-0.4, -0.2) is 37.7 Å². The lowest BCUT2D eigenvalue weighted by atomic mass is 10.2. The van der Waals surface area contributed by atoms with Gasteiger partial charge in [0.15, 0.2) is 0 Å². The molecule has 1 amide bonds. The molecule has 1 N–H and O–H groups in total. The van der Waals surface area contributed by atoms with Crippen LogP contribution in [0.15, 0.2) is 0 Å². The number of hydrogen-bond acceptors (Lipinski definition) is 3. The van der Waals surface area contributed by atoms with Gasteiger partial charge in [0, 0.05) is 13.0 Å². The Morgan fingerprint density at radius 2 is 2.26 bits per heavy atom. The van der Waals surface area contributed by atoms with Crippen molar-refractivity contribution < 1.29 is 14.7 Å². The summed E-state index contributed by atoms with van der Waals surface area (Å²) in [5.41, 5.74) is 1.39. The molecule has 1 aliphatic heterocycles. The van der Waals surface area contributed by atoms with Crippen molar-refractivity contribution >= 4 is 23.5 Å². The number of carboxylic acids is 1. The average Bonchev–Trinajstić information content (AvgIpc) is 2.85. The Hall–Kier alpha value is -1.56. The average molecular weight is 286 g/mol. The molecule has 1 unspecified atom stereocenters. The number of aliphatic carboxylic acids is 1. The van der Waals surface area contributed by atoms with E-state index >= 15 is 0 Å². The van der Waals surface area contributed by atoms with Crippen LogP contribution < -0.4 is 0 Å². The van der Waals surface area contributed by atoms with Crippen LogP contribution in [0, 0.1) is 6.92 Å². The minimum absolute atomic E-state index is 0.148. The van der Waals surface area contributed by atoms with Gasteiger partial charge in [0.05, 0.1) is 23.0 Å². The molecular formula is C12H16ClN3O3. The summed E-state index contributed by atoms with van der Waals surface area (Å²) in [6, 6.07) is -0.760. The molecule has 104 valence electrons. The van der Waals surface area contributed by atoms with E-state index in [9.17, 15) is 9.59 Å². The van der Waals surface area contributed by atoms with Crippen molar-refractivity contribution in [1.82, 2.24) is 14.7 Å². The lowest BCUT2D eigenvalue weighted by Crippen LogP contribution is -2.38. The first-order valence-corrected chi connectivity index (χ1v) is 6.57. The monoisotopic (exact) mass is 285 g/mol. The Kier molecular flexibility index (Phi) is 3.80. The number of carbonyl (C=O) groups excluding carboxylic acids is 1. The first-order chi connectivity index (χ1) is 8.95. The summed E-state index contributed by atoms with van der Waals surface area (Å²) in [4.78, 5) is 24.3. The van der Waals surface area contributed by atoms with Crippen LogP contribution in [0.2, 0.25) is 5.02 Å². The van der Waals surface area contributed by atoms with Gasteiger partial charge in [0.1, 0.15) is 6.04 Å². The van der Waals surface area contributed by atoms with Gasteiger partial charge in [-0.25, -0.2) is 4.79 Å². The van der Waals surface area contributed by atoms with Crippen LogP contribution >= 0.6 is 11.6 Å². The van der Waals surface area contributed by atoms with E-state index in [-0.39, 0.29) is 18.9 Å². The maximum atomic E-state index is 11.8. The predicted octanol–water partition coefficient (Wildman–Crippen LogP) is 1.44. The summed E-state index contributed by atoms with van der Waals surface area (Å²) in [5.74, 6) is -1.12. The van der Waals surface area contributed by atoms with Crippen molar-refractivity contribution in [2.24, 2.45) is 0 Å². The van der Waals surface area contributed by atoms with Crippen LogP contribution in [-0.2, 0) is 22.7 Å². The van der Waals surface area contributed by atoms with E-state index in [4.69, 9.17) is 16.7 Å². The fourth-order valence-electron chi connectivity index (χ4n) is 2.37. The molecule has 1 aromatic rings. The largest absolute Gasteiger partial charge is 0.480 e. The van der Waals surface area contributed by atoms with E-state index in [0.717, 1.165) is 0 Å². The number of amides is 1. The zero-order valence-corrected chi connectivity index (χ0v) is 11.6. The van der Waals surface area contributed by atoms with E-state index in [1.807, 2.05) is 6.92 Å². The molecule has 1 aromatic heterocycles. The molecule has 7 heteroatoms. The normalized spacial score (nSPS) is 19.2. The fraction of sp³-hybridized carbons (Fsp3) is 0.583. The second kappa shape index (κ2) is 5.21. The Labute approximate surface area is 115 Å². The van der Waals surface area contributed by atoms with E-state index in [0.29, 0.717) is 29.4 Å². The highest BCUT2D eigenvalue weighted by molar-refractivity contribution is 6.31. The summed E-state index contributed by atoms with van der Waals surface area (Å²) in [5, 5.41) is 13.9. The van der Waals surface area contributed by atoms with Crippen LogP contribution in [0.4, 0.5) is 0 Å². The van der Waals surface area contributed by atoms with Crippen molar-refractivity contribution in [2.75, 3.05) is 0 Å². The molecule has 1 saturated heterocycles. The van der Waals surface area contributed by atoms with Crippen LogP contribution in [0.1, 0.15) is 31.2 Å². The van der Waals surface area contributed by atoms with Gasteiger partial charge < -0.3 is 10.0 Å². The molecule has 2 rings (SSSR count). The summed E-state index contributed by atoms with van der Waals surface area (Å²) in [7, 11) is 0. The first-order valence-electron chi connectivity index (χ1n) is 6.19. The molecule has 1 atom stereocenters. The third kappa shape index (κ3) is 2.45. The van der Waals surface area contributed by atoms with Gasteiger partial charge in [0.25, 0.3) is 0 Å². The van der Waals surface area contributed by atoms with Crippen molar-refractivity contribution in [1.29, 1.82) is 0 Å². The Balaban J connectivity index is 2.29. The summed E-state index contributed by atoms with van der Waals surface area (Å²) in [6.45, 7) is 4.54. The van der Waals surface area contributed by atoms with Crippen molar-refractivity contribution in [2.45, 2.75) is 45.8 Å². The maximum absolute atomic E-state index is 11.8. The molecule has 0 radical (unpaired) electrons. The van der Waals surface area contributed by atoms with Gasteiger partial charge in [-0.15, -0.1) is 0 Å². The van der Waals surface area contributed by atoms with E-state index in [2.05, 4.69) is 5.10 Å². The molecular weight excluding hydrogens is 270 g/mol. The van der Waals surface area contributed by atoms with Gasteiger partial charge in [-0.2, -0.15) is 5.10 Å². The molecule has 0 aliphatic carbocycles. The van der Waals surface area contributed by atoms with Gasteiger partial charge >= 0.3 is 5.97 Å². The van der Waals surface area contributed by atoms with Crippen LogP contribution in [0.3, 0.4) is 0 Å². The van der Waals surface area contributed by atoms with Gasteiger partial charge in [-0.05, 0) is 20.3 Å². The Morgan fingerprint density at radius 3 is 2.84 bits per heavy atom. The minimum atomic E-state index is -0.971. The predicted molar refractivity (Wildman–Crippen MR) is 68.9 cm³/mol. The van der Waals surface area contributed by atoms with Crippen LogP contribution in [0.5, 0.6) is 0 Å². The highest BCUT2D eigenvalue weighted by Crippen LogP contribution is 2.26. The molecule has 0 aromatic carbocycles. The second-order valence-corrected chi connectivity index (χ2v) is 4.95. The van der Waals surface area contributed by atoms with Crippen molar-refractivity contribution in [3.05, 3.63) is 16.4 Å². The lowest BCUT2D eigenvalue weighted by Gasteiger charge is -2.22. The summed E-state index contributed by atoms with van der Waals surface area (Å²) >= 11 is 6.18. The molecule has 6 nitrogen and oxygen atoms in total. The highest BCUT2D eigenvalue weighted by atomic mass is 35.5. The number of rotatable bonds is 4. The van der Waals surface area contributed by atoms with Gasteiger partial charge in [-0.1, -0.05) is 11.6 Å². The maximum Gasteiger partial charge on any atom is 0.326 e. The molecule has 0 spiro atoms. The zero-order valence-electron chi connectivity index (χ0n) is 10.9. The molecule has 2 heterocycles. The van der Waals surface area contributed by atoms with Gasteiger partial charge in [0.2, 0.25) is 5.91 Å². The highest BCUT2D eigenvalue weighted by Gasteiger charge is 2.36. The number of halogens is 1.